The summed E-state index contributed by atoms with van der Waals surface area (Å²) in [6.07, 6.45) is 9.14. The highest BCUT2D eigenvalue weighted by atomic mass is 16.4. The second kappa shape index (κ2) is 7.20. The lowest BCUT2D eigenvalue weighted by Gasteiger charge is -2.29. The number of rotatable bonds is 5. The maximum atomic E-state index is 12.1. The first kappa shape index (κ1) is 15.5. The Morgan fingerprint density at radius 1 is 1.24 bits per heavy atom. The molecule has 1 aromatic rings. The van der Waals surface area contributed by atoms with Crippen LogP contribution in [0.1, 0.15) is 50.5 Å². The van der Waals surface area contributed by atoms with Crippen LogP contribution in [0.25, 0.3) is 0 Å². The number of pyridine rings is 1. The van der Waals surface area contributed by atoms with Crippen molar-refractivity contribution in [3.8, 4) is 0 Å². The van der Waals surface area contributed by atoms with Gasteiger partial charge in [0.05, 0.1) is 0 Å². The van der Waals surface area contributed by atoms with E-state index in [1.54, 1.807) is 12.4 Å². The smallest absolute Gasteiger partial charge is 0.329 e. The molecule has 1 saturated carbocycles. The largest absolute Gasteiger partial charge is 0.480 e. The highest BCUT2D eigenvalue weighted by Crippen LogP contribution is 2.27. The molecule has 0 radical (unpaired) electrons. The minimum Gasteiger partial charge on any atom is -0.480 e. The van der Waals surface area contributed by atoms with Gasteiger partial charge in [0.2, 0.25) is 5.91 Å². The van der Waals surface area contributed by atoms with E-state index in [1.165, 1.54) is 0 Å². The van der Waals surface area contributed by atoms with Crippen LogP contribution >= 0.6 is 0 Å². The van der Waals surface area contributed by atoms with Crippen LogP contribution in [0.2, 0.25) is 0 Å². The molecule has 114 valence electrons. The minimum absolute atomic E-state index is 0.192. The van der Waals surface area contributed by atoms with Crippen LogP contribution in [-0.2, 0) is 16.0 Å². The Hall–Kier alpha value is -1.91. The van der Waals surface area contributed by atoms with Crippen LogP contribution in [0.4, 0.5) is 0 Å². The summed E-state index contributed by atoms with van der Waals surface area (Å²) < 4.78 is 0. The summed E-state index contributed by atoms with van der Waals surface area (Å²) >= 11 is 0. The normalized spacial score (nSPS) is 17.7. The Bertz CT molecular complexity index is 480. The molecule has 2 rings (SSSR count). The third kappa shape index (κ3) is 4.28. The van der Waals surface area contributed by atoms with Crippen molar-refractivity contribution in [3.63, 3.8) is 0 Å². The zero-order chi connectivity index (χ0) is 15.1. The number of aryl methyl sites for hydroxylation is 1. The van der Waals surface area contributed by atoms with Gasteiger partial charge in [-0.3, -0.25) is 9.78 Å². The maximum Gasteiger partial charge on any atom is 0.329 e. The molecule has 5 nitrogen and oxygen atoms in total. The summed E-state index contributed by atoms with van der Waals surface area (Å²) in [5.74, 6) is -1.10. The fraction of sp³-hybridized carbons (Fsp3) is 0.562. The van der Waals surface area contributed by atoms with Crippen molar-refractivity contribution in [1.82, 2.24) is 10.3 Å². The van der Waals surface area contributed by atoms with E-state index >= 15 is 0 Å². The fourth-order valence-electron chi connectivity index (χ4n) is 2.86. The lowest BCUT2D eigenvalue weighted by atomic mass is 9.90. The highest BCUT2D eigenvalue weighted by molar-refractivity contribution is 5.87. The maximum absolute atomic E-state index is 12.1. The molecule has 1 amide bonds. The molecule has 1 aliphatic rings. The fourth-order valence-corrected chi connectivity index (χ4v) is 2.86. The van der Waals surface area contributed by atoms with Crippen molar-refractivity contribution in [1.29, 1.82) is 0 Å². The van der Waals surface area contributed by atoms with Gasteiger partial charge in [0.1, 0.15) is 5.54 Å². The Labute approximate surface area is 124 Å². The molecule has 0 saturated heterocycles. The molecule has 1 aliphatic carbocycles. The van der Waals surface area contributed by atoms with Gasteiger partial charge in [-0.15, -0.1) is 0 Å². The molecule has 0 bridgehead atoms. The second-order valence-electron chi connectivity index (χ2n) is 5.71. The molecule has 0 unspecified atom stereocenters. The number of aliphatic carboxylic acids is 1. The molecule has 2 N–H and O–H groups in total. The van der Waals surface area contributed by atoms with E-state index in [4.69, 9.17) is 0 Å². The number of aromatic nitrogens is 1. The van der Waals surface area contributed by atoms with Crippen molar-refractivity contribution >= 4 is 11.9 Å². The van der Waals surface area contributed by atoms with E-state index in [0.29, 0.717) is 25.7 Å². The van der Waals surface area contributed by atoms with Gasteiger partial charge in [-0.25, -0.2) is 4.79 Å². The van der Waals surface area contributed by atoms with Gasteiger partial charge in [0.15, 0.2) is 0 Å². The number of carbonyl (C=O) groups excluding carboxylic acids is 1. The summed E-state index contributed by atoms with van der Waals surface area (Å²) in [5, 5.41) is 12.3. The number of nitrogens with one attached hydrogen (secondary N) is 1. The first-order valence-corrected chi connectivity index (χ1v) is 7.56. The second-order valence-corrected chi connectivity index (χ2v) is 5.71. The number of carboxylic acid groups (broad SMARTS) is 1. The molecule has 1 heterocycles. The van der Waals surface area contributed by atoms with Crippen LogP contribution in [0.3, 0.4) is 0 Å². The lowest BCUT2D eigenvalue weighted by Crippen LogP contribution is -2.54. The molecule has 0 atom stereocenters. The van der Waals surface area contributed by atoms with E-state index in [-0.39, 0.29) is 5.91 Å². The van der Waals surface area contributed by atoms with E-state index < -0.39 is 11.5 Å². The van der Waals surface area contributed by atoms with Crippen molar-refractivity contribution in [2.75, 3.05) is 0 Å². The molecular formula is C16H22N2O3. The summed E-state index contributed by atoms with van der Waals surface area (Å²) in [6, 6.07) is 3.75. The average molecular weight is 290 g/mol. The number of carbonyl (C=O) groups is 2. The molecule has 5 heteroatoms. The average Bonchev–Trinajstić information content (AvgIpc) is 2.73. The Balaban J connectivity index is 1.93. The van der Waals surface area contributed by atoms with Gasteiger partial charge in [-0.2, -0.15) is 0 Å². The number of hydrogen-bond donors (Lipinski definition) is 2. The molecule has 1 fully saturated rings. The molecule has 0 aliphatic heterocycles. The van der Waals surface area contributed by atoms with Gasteiger partial charge < -0.3 is 10.4 Å². The number of nitrogens with zero attached hydrogens (tertiary/aromatic N) is 1. The van der Waals surface area contributed by atoms with Gasteiger partial charge in [-0.1, -0.05) is 31.7 Å². The number of amides is 1. The highest BCUT2D eigenvalue weighted by Gasteiger charge is 2.39. The predicted molar refractivity (Wildman–Crippen MR) is 78.8 cm³/mol. The summed E-state index contributed by atoms with van der Waals surface area (Å²) in [7, 11) is 0. The SMILES string of the molecule is O=C(CCc1cccnc1)NC1(C(=O)O)CCCCCC1. The van der Waals surface area contributed by atoms with E-state index in [2.05, 4.69) is 10.3 Å². The van der Waals surface area contributed by atoms with E-state index in [1.807, 2.05) is 12.1 Å². The van der Waals surface area contributed by atoms with Gasteiger partial charge in [0, 0.05) is 18.8 Å². The summed E-state index contributed by atoms with van der Waals surface area (Å²) in [6.45, 7) is 0. The van der Waals surface area contributed by atoms with Crippen LogP contribution in [0, 0.1) is 0 Å². The molecule has 0 spiro atoms. The van der Waals surface area contributed by atoms with Crippen molar-refractivity contribution in [2.24, 2.45) is 0 Å². The van der Waals surface area contributed by atoms with Crippen LogP contribution < -0.4 is 5.32 Å². The third-order valence-corrected chi connectivity index (χ3v) is 4.11. The standard InChI is InChI=1S/C16H22N2O3/c19-14(8-7-13-6-5-11-17-12-13)18-16(15(20)21)9-3-1-2-4-10-16/h5-6,11-12H,1-4,7-10H2,(H,18,19)(H,20,21). The quantitative estimate of drug-likeness (QED) is 0.816. The monoisotopic (exact) mass is 290 g/mol. The first-order valence-electron chi connectivity index (χ1n) is 7.56. The number of carboxylic acids is 1. The summed E-state index contributed by atoms with van der Waals surface area (Å²) in [4.78, 5) is 27.7. The summed E-state index contributed by atoms with van der Waals surface area (Å²) in [5.41, 5.74) is -0.0828. The van der Waals surface area contributed by atoms with Gasteiger partial charge in [-0.05, 0) is 30.9 Å². The van der Waals surface area contributed by atoms with Crippen LogP contribution in [0.15, 0.2) is 24.5 Å². The molecular weight excluding hydrogens is 268 g/mol. The van der Waals surface area contributed by atoms with Crippen LogP contribution in [-0.4, -0.2) is 27.5 Å². The zero-order valence-corrected chi connectivity index (χ0v) is 12.2. The zero-order valence-electron chi connectivity index (χ0n) is 12.2. The van der Waals surface area contributed by atoms with Gasteiger partial charge >= 0.3 is 5.97 Å². The first-order chi connectivity index (χ1) is 10.1. The van der Waals surface area contributed by atoms with Gasteiger partial charge in [0.25, 0.3) is 0 Å². The topological polar surface area (TPSA) is 79.3 Å². The predicted octanol–water partition coefficient (Wildman–Crippen LogP) is 2.31. The van der Waals surface area contributed by atoms with Crippen molar-refractivity contribution in [3.05, 3.63) is 30.1 Å². The number of hydrogen-bond acceptors (Lipinski definition) is 3. The van der Waals surface area contributed by atoms with E-state index in [9.17, 15) is 14.7 Å². The third-order valence-electron chi connectivity index (χ3n) is 4.11. The van der Waals surface area contributed by atoms with Crippen LogP contribution in [0.5, 0.6) is 0 Å². The van der Waals surface area contributed by atoms with E-state index in [0.717, 1.165) is 31.2 Å². The van der Waals surface area contributed by atoms with Crippen molar-refractivity contribution in [2.45, 2.75) is 56.9 Å². The molecule has 0 aromatic carbocycles. The molecule has 1 aromatic heterocycles. The lowest BCUT2D eigenvalue weighted by molar-refractivity contribution is -0.148. The Morgan fingerprint density at radius 3 is 2.52 bits per heavy atom. The minimum atomic E-state index is -1.07. The Kier molecular flexibility index (Phi) is 5.31. The van der Waals surface area contributed by atoms with Crippen molar-refractivity contribution < 1.29 is 14.7 Å². The molecule has 21 heavy (non-hydrogen) atoms. The Morgan fingerprint density at radius 2 is 1.95 bits per heavy atom.